The largest absolute Gasteiger partial charge is 0.476 e. The number of anilines is 1. The van der Waals surface area contributed by atoms with Gasteiger partial charge in [0.15, 0.2) is 12.4 Å². The van der Waals surface area contributed by atoms with Crippen molar-refractivity contribution in [2.75, 3.05) is 18.5 Å². The van der Waals surface area contributed by atoms with Crippen molar-refractivity contribution in [1.82, 2.24) is 0 Å². The number of rotatable bonds is 7. The highest BCUT2D eigenvalue weighted by Crippen LogP contribution is 2.31. The van der Waals surface area contributed by atoms with E-state index in [-0.39, 0.29) is 23.5 Å². The first-order chi connectivity index (χ1) is 16.5. The minimum absolute atomic E-state index is 0.0321. The Morgan fingerprint density at radius 2 is 1.71 bits per heavy atom. The molecule has 0 spiro atoms. The summed E-state index contributed by atoms with van der Waals surface area (Å²) >= 11 is 0. The molecule has 7 nitrogen and oxygen atoms in total. The van der Waals surface area contributed by atoms with Gasteiger partial charge in [0, 0.05) is 11.3 Å². The average molecular weight is 457 g/mol. The molecular weight excluding hydrogens is 434 g/mol. The second-order valence-corrected chi connectivity index (χ2v) is 7.59. The maximum atomic E-state index is 13.2. The number of aryl methyl sites for hydroxylation is 1. The van der Waals surface area contributed by atoms with Crippen LogP contribution in [0.15, 0.2) is 82.0 Å². The first kappa shape index (κ1) is 22.8. The van der Waals surface area contributed by atoms with Gasteiger partial charge >= 0.3 is 5.97 Å². The summed E-state index contributed by atoms with van der Waals surface area (Å²) in [4.78, 5) is 37.5. The predicted octanol–water partition coefficient (Wildman–Crippen LogP) is 4.96. The molecule has 0 radical (unpaired) electrons. The van der Waals surface area contributed by atoms with Gasteiger partial charge in [-0.1, -0.05) is 36.4 Å². The third kappa shape index (κ3) is 4.99. The second kappa shape index (κ2) is 10.0. The maximum absolute atomic E-state index is 13.2. The third-order valence-corrected chi connectivity index (χ3v) is 5.07. The van der Waals surface area contributed by atoms with E-state index in [9.17, 15) is 14.4 Å². The minimum Gasteiger partial charge on any atom is -0.476 e. The van der Waals surface area contributed by atoms with Crippen molar-refractivity contribution in [1.29, 1.82) is 0 Å². The smallest absolute Gasteiger partial charge is 0.338 e. The molecule has 7 heteroatoms. The Morgan fingerprint density at radius 3 is 2.41 bits per heavy atom. The fraction of sp³-hybridized carbons (Fsp3) is 0.148. The first-order valence-corrected chi connectivity index (χ1v) is 10.8. The van der Waals surface area contributed by atoms with Crippen molar-refractivity contribution in [2.45, 2.75) is 13.8 Å². The molecule has 172 valence electrons. The highest BCUT2D eigenvalue weighted by atomic mass is 16.5. The fourth-order valence-electron chi connectivity index (χ4n) is 3.43. The molecule has 1 N–H and O–H groups in total. The lowest BCUT2D eigenvalue weighted by Gasteiger charge is -2.12. The molecular formula is C27H23NO6. The Kier molecular flexibility index (Phi) is 6.73. The van der Waals surface area contributed by atoms with Crippen molar-refractivity contribution < 1.29 is 23.5 Å². The van der Waals surface area contributed by atoms with Gasteiger partial charge in [0.2, 0.25) is 11.2 Å². The molecule has 1 heterocycles. The number of carbonyl (C=O) groups is 2. The number of esters is 1. The number of benzene rings is 3. The Bertz CT molecular complexity index is 1390. The molecule has 3 aromatic carbocycles. The molecule has 0 saturated heterocycles. The lowest BCUT2D eigenvalue weighted by Crippen LogP contribution is -2.22. The topological polar surface area (TPSA) is 94.8 Å². The number of nitrogens with one attached hydrogen (secondary N) is 1. The van der Waals surface area contributed by atoms with Gasteiger partial charge in [-0.05, 0) is 55.8 Å². The highest BCUT2D eigenvalue weighted by molar-refractivity contribution is 5.94. The number of fused-ring (bicyclic) bond motifs is 1. The van der Waals surface area contributed by atoms with Gasteiger partial charge in [-0.3, -0.25) is 9.59 Å². The molecule has 0 aliphatic rings. The van der Waals surface area contributed by atoms with E-state index in [1.807, 2.05) is 31.2 Å². The van der Waals surface area contributed by atoms with Crippen LogP contribution in [0.1, 0.15) is 22.8 Å². The minimum atomic E-state index is -0.466. The summed E-state index contributed by atoms with van der Waals surface area (Å²) in [5, 5.41) is 3.06. The van der Waals surface area contributed by atoms with Crippen LogP contribution >= 0.6 is 0 Å². The molecule has 34 heavy (non-hydrogen) atoms. The molecule has 4 aromatic rings. The molecule has 4 rings (SSSR count). The number of hydrogen-bond acceptors (Lipinski definition) is 6. The molecule has 0 unspecified atom stereocenters. The van der Waals surface area contributed by atoms with E-state index in [1.165, 1.54) is 0 Å². The van der Waals surface area contributed by atoms with Gasteiger partial charge in [0.1, 0.15) is 5.58 Å². The molecule has 1 aromatic heterocycles. The normalized spacial score (nSPS) is 10.6. The van der Waals surface area contributed by atoms with Crippen LogP contribution in [0.4, 0.5) is 5.69 Å². The Morgan fingerprint density at radius 1 is 0.971 bits per heavy atom. The summed E-state index contributed by atoms with van der Waals surface area (Å²) in [7, 11) is 0. The van der Waals surface area contributed by atoms with E-state index in [0.717, 1.165) is 5.56 Å². The Hall–Kier alpha value is -4.39. The standard InChI is InChI=1S/C27H23NO6/c1-3-32-27(31)19-10-12-20(13-11-19)28-23(29)16-33-26-24(30)21-14-9-17(2)15-22(21)34-25(26)18-7-5-4-6-8-18/h4-15H,3,16H2,1-2H3,(H,28,29). The zero-order valence-corrected chi connectivity index (χ0v) is 18.8. The van der Waals surface area contributed by atoms with E-state index in [1.54, 1.807) is 55.5 Å². The summed E-state index contributed by atoms with van der Waals surface area (Å²) in [6.45, 7) is 3.52. The first-order valence-electron chi connectivity index (χ1n) is 10.8. The summed E-state index contributed by atoms with van der Waals surface area (Å²) in [6, 6.07) is 20.7. The molecule has 0 aliphatic heterocycles. The van der Waals surface area contributed by atoms with Crippen LogP contribution < -0.4 is 15.5 Å². The summed E-state index contributed by atoms with van der Waals surface area (Å²) in [5.74, 6) is -0.674. The zero-order chi connectivity index (χ0) is 24.1. The molecule has 0 saturated carbocycles. The van der Waals surface area contributed by atoms with Gasteiger partial charge in [0.25, 0.3) is 5.91 Å². The number of ether oxygens (including phenoxy) is 2. The highest BCUT2D eigenvalue weighted by Gasteiger charge is 2.19. The molecule has 0 aliphatic carbocycles. The van der Waals surface area contributed by atoms with E-state index < -0.39 is 18.5 Å². The van der Waals surface area contributed by atoms with Crippen LogP contribution in [0.5, 0.6) is 5.75 Å². The van der Waals surface area contributed by atoms with Crippen molar-refractivity contribution in [3.05, 3.63) is 94.1 Å². The van der Waals surface area contributed by atoms with Crippen molar-refractivity contribution >= 4 is 28.5 Å². The lowest BCUT2D eigenvalue weighted by atomic mass is 10.1. The summed E-state index contributed by atoms with van der Waals surface area (Å²) in [6.07, 6.45) is 0. The average Bonchev–Trinajstić information content (AvgIpc) is 2.84. The predicted molar refractivity (Wildman–Crippen MR) is 129 cm³/mol. The van der Waals surface area contributed by atoms with Crippen LogP contribution in [-0.2, 0) is 9.53 Å². The van der Waals surface area contributed by atoms with Gasteiger partial charge in [-0.25, -0.2) is 4.79 Å². The molecule has 0 bridgehead atoms. The van der Waals surface area contributed by atoms with E-state index in [4.69, 9.17) is 13.9 Å². The molecule has 1 amide bonds. The quantitative estimate of drug-likeness (QED) is 0.394. The number of carbonyl (C=O) groups excluding carboxylic acids is 2. The van der Waals surface area contributed by atoms with Gasteiger partial charge < -0.3 is 19.2 Å². The second-order valence-electron chi connectivity index (χ2n) is 7.59. The van der Waals surface area contributed by atoms with E-state index in [0.29, 0.717) is 27.8 Å². The van der Waals surface area contributed by atoms with E-state index in [2.05, 4.69) is 5.32 Å². The Balaban J connectivity index is 1.56. The van der Waals surface area contributed by atoms with Crippen LogP contribution in [-0.4, -0.2) is 25.1 Å². The SMILES string of the molecule is CCOC(=O)c1ccc(NC(=O)COc2c(-c3ccccc3)oc3cc(C)ccc3c2=O)cc1. The fourth-order valence-corrected chi connectivity index (χ4v) is 3.43. The van der Waals surface area contributed by atoms with Crippen LogP contribution in [0.2, 0.25) is 0 Å². The van der Waals surface area contributed by atoms with Crippen molar-refractivity contribution in [3.63, 3.8) is 0 Å². The van der Waals surface area contributed by atoms with Crippen molar-refractivity contribution in [2.24, 2.45) is 0 Å². The Labute approximate surface area is 195 Å². The third-order valence-electron chi connectivity index (χ3n) is 5.07. The zero-order valence-electron chi connectivity index (χ0n) is 18.8. The lowest BCUT2D eigenvalue weighted by molar-refractivity contribution is -0.118. The van der Waals surface area contributed by atoms with Crippen molar-refractivity contribution in [3.8, 4) is 17.1 Å². The van der Waals surface area contributed by atoms with Gasteiger partial charge in [0.05, 0.1) is 17.6 Å². The van der Waals surface area contributed by atoms with Crippen LogP contribution in [0.3, 0.4) is 0 Å². The van der Waals surface area contributed by atoms with Gasteiger partial charge in [-0.15, -0.1) is 0 Å². The van der Waals surface area contributed by atoms with Gasteiger partial charge in [-0.2, -0.15) is 0 Å². The van der Waals surface area contributed by atoms with Crippen LogP contribution in [0, 0.1) is 6.92 Å². The maximum Gasteiger partial charge on any atom is 0.338 e. The summed E-state index contributed by atoms with van der Waals surface area (Å²) < 4.78 is 16.7. The summed E-state index contributed by atoms with van der Waals surface area (Å²) in [5.41, 5.74) is 2.57. The van der Waals surface area contributed by atoms with E-state index >= 15 is 0 Å². The number of amides is 1. The van der Waals surface area contributed by atoms with Crippen LogP contribution in [0.25, 0.3) is 22.3 Å². The molecule has 0 fully saturated rings. The monoisotopic (exact) mass is 457 g/mol. The number of hydrogen-bond donors (Lipinski definition) is 1. The molecule has 0 atom stereocenters.